The molecular formula is C27H29ClN2O3S. The zero-order valence-corrected chi connectivity index (χ0v) is 21.0. The van der Waals surface area contributed by atoms with Crippen LogP contribution in [-0.4, -0.2) is 14.3 Å². The van der Waals surface area contributed by atoms with E-state index < -0.39 is 10.0 Å². The lowest BCUT2D eigenvalue weighted by Gasteiger charge is -2.22. The first-order chi connectivity index (χ1) is 16.3. The third kappa shape index (κ3) is 5.45. The minimum atomic E-state index is -3.97. The van der Waals surface area contributed by atoms with Crippen LogP contribution in [0.15, 0.2) is 65.6 Å². The zero-order chi connectivity index (χ0) is 24.3. The first kappa shape index (κ1) is 24.3. The second-order valence-electron chi connectivity index (χ2n) is 8.79. The van der Waals surface area contributed by atoms with E-state index in [1.807, 2.05) is 26.0 Å². The number of hydrogen-bond acceptors (Lipinski definition) is 3. The van der Waals surface area contributed by atoms with Gasteiger partial charge in [0.2, 0.25) is 0 Å². The van der Waals surface area contributed by atoms with Crippen molar-refractivity contribution in [3.8, 4) is 0 Å². The summed E-state index contributed by atoms with van der Waals surface area (Å²) in [5.41, 5.74) is 5.51. The summed E-state index contributed by atoms with van der Waals surface area (Å²) in [6.07, 6.45) is 5.31. The number of aryl methyl sites for hydroxylation is 3. The van der Waals surface area contributed by atoms with Crippen LogP contribution in [-0.2, 0) is 22.9 Å². The number of fused-ring (bicyclic) bond motifs is 1. The van der Waals surface area contributed by atoms with Gasteiger partial charge in [-0.1, -0.05) is 54.4 Å². The average molecular weight is 497 g/mol. The predicted octanol–water partition coefficient (Wildman–Crippen LogP) is 6.21. The van der Waals surface area contributed by atoms with Gasteiger partial charge in [-0.2, -0.15) is 0 Å². The molecule has 3 aromatic rings. The van der Waals surface area contributed by atoms with Gasteiger partial charge in [0, 0.05) is 11.3 Å². The first-order valence-electron chi connectivity index (χ1n) is 11.6. The molecule has 0 saturated heterocycles. The molecule has 0 radical (unpaired) electrons. The minimum Gasteiger partial charge on any atom is -0.345 e. The molecule has 0 fully saturated rings. The van der Waals surface area contributed by atoms with Crippen LogP contribution in [0.5, 0.6) is 0 Å². The van der Waals surface area contributed by atoms with Crippen LogP contribution < -0.4 is 10.0 Å². The molecule has 1 unspecified atom stereocenters. The molecule has 0 spiro atoms. The molecule has 2 N–H and O–H groups in total. The Bertz CT molecular complexity index is 1300. The van der Waals surface area contributed by atoms with Crippen molar-refractivity contribution in [1.29, 1.82) is 0 Å². The van der Waals surface area contributed by atoms with Crippen LogP contribution in [0, 0.1) is 6.92 Å². The molecule has 7 heteroatoms. The van der Waals surface area contributed by atoms with Gasteiger partial charge >= 0.3 is 0 Å². The second kappa shape index (κ2) is 10.2. The Morgan fingerprint density at radius 3 is 2.38 bits per heavy atom. The smallest absolute Gasteiger partial charge is 0.263 e. The van der Waals surface area contributed by atoms with Crippen molar-refractivity contribution in [1.82, 2.24) is 5.32 Å². The first-order valence-corrected chi connectivity index (χ1v) is 13.4. The number of carbonyl (C=O) groups excluding carboxylic acids is 1. The number of halogens is 1. The molecule has 5 nitrogen and oxygen atoms in total. The van der Waals surface area contributed by atoms with Crippen molar-refractivity contribution >= 4 is 33.2 Å². The highest BCUT2D eigenvalue weighted by Gasteiger charge is 2.22. The van der Waals surface area contributed by atoms with Crippen molar-refractivity contribution in [2.45, 2.75) is 56.9 Å². The second-order valence-corrected chi connectivity index (χ2v) is 10.8. The number of carbonyl (C=O) groups is 1. The van der Waals surface area contributed by atoms with Gasteiger partial charge in [-0.05, 0) is 86.1 Å². The van der Waals surface area contributed by atoms with E-state index in [1.165, 1.54) is 36.1 Å². The molecule has 1 aliphatic carbocycles. The van der Waals surface area contributed by atoms with Crippen LogP contribution in [0.1, 0.15) is 64.8 Å². The molecule has 1 atom stereocenters. The molecule has 1 amide bonds. The summed E-state index contributed by atoms with van der Waals surface area (Å²) in [7, 11) is -3.97. The molecule has 0 aromatic heterocycles. The van der Waals surface area contributed by atoms with Crippen molar-refractivity contribution in [2.75, 3.05) is 4.72 Å². The molecule has 0 aliphatic heterocycles. The fourth-order valence-corrected chi connectivity index (χ4v) is 5.90. The fourth-order valence-electron chi connectivity index (χ4n) is 4.32. The van der Waals surface area contributed by atoms with Gasteiger partial charge in [0.25, 0.3) is 15.9 Å². The maximum atomic E-state index is 13.1. The summed E-state index contributed by atoms with van der Waals surface area (Å²) >= 11 is 6.22. The van der Waals surface area contributed by atoms with Gasteiger partial charge < -0.3 is 5.32 Å². The van der Waals surface area contributed by atoms with Gasteiger partial charge in [0.15, 0.2) is 0 Å². The van der Waals surface area contributed by atoms with Gasteiger partial charge in [-0.15, -0.1) is 0 Å². The average Bonchev–Trinajstić information content (AvgIpc) is 2.83. The summed E-state index contributed by atoms with van der Waals surface area (Å²) in [6, 6.07) is 17.6. The van der Waals surface area contributed by atoms with Crippen molar-refractivity contribution < 1.29 is 13.2 Å². The van der Waals surface area contributed by atoms with Gasteiger partial charge in [0.1, 0.15) is 4.90 Å². The van der Waals surface area contributed by atoms with Crippen molar-refractivity contribution in [3.05, 3.63) is 93.5 Å². The molecule has 0 saturated carbocycles. The molecule has 3 aromatic carbocycles. The molecule has 34 heavy (non-hydrogen) atoms. The molecule has 4 rings (SSSR count). The largest absolute Gasteiger partial charge is 0.345 e. The lowest BCUT2D eigenvalue weighted by atomic mass is 9.88. The SMILES string of the molecule is CCC(NC(=O)c1ccc(Cl)c(S(=O)(=O)Nc2ccc(C)cc2)c1)c1ccc2c(c1)CCCC2. The van der Waals surface area contributed by atoms with Crippen LogP contribution in [0.4, 0.5) is 5.69 Å². The van der Waals surface area contributed by atoms with Crippen LogP contribution in [0.2, 0.25) is 5.02 Å². The minimum absolute atomic E-state index is 0.0536. The van der Waals surface area contributed by atoms with E-state index in [-0.39, 0.29) is 27.4 Å². The van der Waals surface area contributed by atoms with E-state index in [1.54, 1.807) is 18.2 Å². The van der Waals surface area contributed by atoms with E-state index in [2.05, 4.69) is 28.2 Å². The number of sulfonamides is 1. The summed E-state index contributed by atoms with van der Waals surface area (Å²) in [5, 5.41) is 3.12. The standard InChI is InChI=1S/C27H29ClN2O3S/c1-3-25(21-11-10-19-6-4-5-7-20(19)16-21)29-27(31)22-12-15-24(28)26(17-22)34(32,33)30-23-13-8-18(2)9-14-23/h8-17,25,30H,3-7H2,1-2H3,(H,29,31). The van der Waals surface area contributed by atoms with E-state index >= 15 is 0 Å². The van der Waals surface area contributed by atoms with E-state index in [0.29, 0.717) is 5.69 Å². The van der Waals surface area contributed by atoms with E-state index in [0.717, 1.165) is 30.4 Å². The highest BCUT2D eigenvalue weighted by atomic mass is 35.5. The number of benzene rings is 3. The Balaban J connectivity index is 1.55. The third-order valence-electron chi connectivity index (χ3n) is 6.28. The summed E-state index contributed by atoms with van der Waals surface area (Å²) < 4.78 is 28.5. The highest BCUT2D eigenvalue weighted by molar-refractivity contribution is 7.92. The lowest BCUT2D eigenvalue weighted by Crippen LogP contribution is -2.28. The highest BCUT2D eigenvalue weighted by Crippen LogP contribution is 2.28. The third-order valence-corrected chi connectivity index (χ3v) is 8.14. The lowest BCUT2D eigenvalue weighted by molar-refractivity contribution is 0.0935. The Labute approximate surface area is 206 Å². The Kier molecular flexibility index (Phi) is 7.29. The topological polar surface area (TPSA) is 75.3 Å². The maximum Gasteiger partial charge on any atom is 0.263 e. The van der Waals surface area contributed by atoms with E-state index in [4.69, 9.17) is 11.6 Å². The van der Waals surface area contributed by atoms with Crippen LogP contribution >= 0.6 is 11.6 Å². The summed E-state index contributed by atoms with van der Waals surface area (Å²) in [5.74, 6) is -0.340. The fraction of sp³-hybridized carbons (Fsp3) is 0.296. The van der Waals surface area contributed by atoms with Crippen molar-refractivity contribution in [2.24, 2.45) is 0 Å². The summed E-state index contributed by atoms with van der Waals surface area (Å²) in [4.78, 5) is 13.0. The van der Waals surface area contributed by atoms with Gasteiger partial charge in [-0.25, -0.2) is 8.42 Å². The Morgan fingerprint density at radius 2 is 1.68 bits per heavy atom. The number of anilines is 1. The van der Waals surface area contributed by atoms with Gasteiger partial charge in [0.05, 0.1) is 11.1 Å². The number of rotatable bonds is 7. The predicted molar refractivity (Wildman–Crippen MR) is 137 cm³/mol. The number of hydrogen-bond donors (Lipinski definition) is 2. The number of nitrogens with one attached hydrogen (secondary N) is 2. The molecule has 0 heterocycles. The molecule has 178 valence electrons. The normalized spacial score (nSPS) is 14.2. The molecule has 1 aliphatic rings. The maximum absolute atomic E-state index is 13.1. The van der Waals surface area contributed by atoms with Crippen LogP contribution in [0.3, 0.4) is 0 Å². The zero-order valence-electron chi connectivity index (χ0n) is 19.4. The van der Waals surface area contributed by atoms with Gasteiger partial charge in [-0.3, -0.25) is 9.52 Å². The Morgan fingerprint density at radius 1 is 0.971 bits per heavy atom. The number of amides is 1. The summed E-state index contributed by atoms with van der Waals surface area (Å²) in [6.45, 7) is 3.94. The monoisotopic (exact) mass is 496 g/mol. The molecular weight excluding hydrogens is 468 g/mol. The van der Waals surface area contributed by atoms with E-state index in [9.17, 15) is 13.2 Å². The Hall–Kier alpha value is -2.83. The van der Waals surface area contributed by atoms with Crippen molar-refractivity contribution in [3.63, 3.8) is 0 Å². The molecule has 0 bridgehead atoms. The van der Waals surface area contributed by atoms with Crippen LogP contribution in [0.25, 0.3) is 0 Å². The quantitative estimate of drug-likeness (QED) is 0.408.